The lowest BCUT2D eigenvalue weighted by Gasteiger charge is -2.36. The number of rotatable bonds is 2. The Hall–Kier alpha value is -1.07. The van der Waals surface area contributed by atoms with Crippen LogP contribution in [0.15, 0.2) is 6.07 Å². The minimum Gasteiger partial charge on any atom is -0.370 e. The van der Waals surface area contributed by atoms with Crippen molar-refractivity contribution in [3.8, 4) is 0 Å². The van der Waals surface area contributed by atoms with Crippen molar-refractivity contribution in [2.45, 2.75) is 26.1 Å². The van der Waals surface area contributed by atoms with Gasteiger partial charge in [0.15, 0.2) is 0 Å². The number of nitrogens with zero attached hydrogens (tertiary/aromatic N) is 3. The Labute approximate surface area is 112 Å². The number of ether oxygens (including phenoxy) is 1. The number of halogens is 1. The Balaban J connectivity index is 2.15. The van der Waals surface area contributed by atoms with E-state index in [4.69, 9.17) is 16.3 Å². The Bertz CT molecular complexity index is 447. The van der Waals surface area contributed by atoms with Gasteiger partial charge in [0, 0.05) is 20.1 Å². The number of hydrogen-bond donors (Lipinski definition) is 0. The zero-order valence-corrected chi connectivity index (χ0v) is 11.6. The van der Waals surface area contributed by atoms with Crippen LogP contribution in [0.5, 0.6) is 0 Å². The highest BCUT2D eigenvalue weighted by Gasteiger charge is 2.29. The molecule has 1 saturated heterocycles. The summed E-state index contributed by atoms with van der Waals surface area (Å²) in [6.45, 7) is 4.96. The average molecular weight is 272 g/mol. The third kappa shape index (κ3) is 2.67. The fourth-order valence-corrected chi connectivity index (χ4v) is 2.44. The lowest BCUT2D eigenvalue weighted by Crippen LogP contribution is -2.50. The van der Waals surface area contributed by atoms with Gasteiger partial charge in [0.05, 0.1) is 23.8 Å². The number of carbonyl (C=O) groups is 1. The van der Waals surface area contributed by atoms with Gasteiger partial charge in [-0.05, 0) is 19.9 Å². The lowest BCUT2D eigenvalue weighted by atomic mass is 10.2. The summed E-state index contributed by atoms with van der Waals surface area (Å²) in [6.07, 6.45) is -0.0746. The van der Waals surface area contributed by atoms with E-state index >= 15 is 0 Å². The van der Waals surface area contributed by atoms with E-state index in [2.05, 4.69) is 5.10 Å². The van der Waals surface area contributed by atoms with E-state index in [1.165, 1.54) is 0 Å². The molecule has 1 aromatic rings. The summed E-state index contributed by atoms with van der Waals surface area (Å²) < 4.78 is 7.26. The Morgan fingerprint density at radius 2 is 2.33 bits per heavy atom. The van der Waals surface area contributed by atoms with Crippen molar-refractivity contribution in [3.05, 3.63) is 17.5 Å². The van der Waals surface area contributed by atoms with E-state index in [0.29, 0.717) is 24.7 Å². The zero-order chi connectivity index (χ0) is 13.3. The van der Waals surface area contributed by atoms with Crippen LogP contribution in [-0.2, 0) is 11.8 Å². The Morgan fingerprint density at radius 3 is 2.89 bits per heavy atom. The SMILES string of the molecule is Cc1cc(C(=O)N2CC(C)OC(CCl)C2)n(C)n1. The molecular formula is C12H18ClN3O2. The predicted molar refractivity (Wildman–Crippen MR) is 68.9 cm³/mol. The summed E-state index contributed by atoms with van der Waals surface area (Å²) in [4.78, 5) is 14.2. The van der Waals surface area contributed by atoms with Crippen molar-refractivity contribution in [2.75, 3.05) is 19.0 Å². The molecule has 6 heteroatoms. The van der Waals surface area contributed by atoms with Crippen LogP contribution < -0.4 is 0 Å². The van der Waals surface area contributed by atoms with Crippen molar-refractivity contribution in [1.82, 2.24) is 14.7 Å². The van der Waals surface area contributed by atoms with Gasteiger partial charge in [-0.3, -0.25) is 9.48 Å². The average Bonchev–Trinajstić information content (AvgIpc) is 2.66. The molecule has 0 bridgehead atoms. The molecule has 0 saturated carbocycles. The highest BCUT2D eigenvalue weighted by atomic mass is 35.5. The van der Waals surface area contributed by atoms with Crippen molar-refractivity contribution >= 4 is 17.5 Å². The summed E-state index contributed by atoms with van der Waals surface area (Å²) >= 11 is 5.82. The largest absolute Gasteiger partial charge is 0.370 e. The fraction of sp³-hybridized carbons (Fsp3) is 0.667. The minimum absolute atomic E-state index is 0.0108. The van der Waals surface area contributed by atoms with Crippen LogP contribution >= 0.6 is 11.6 Å². The molecule has 18 heavy (non-hydrogen) atoms. The molecule has 0 spiro atoms. The maximum Gasteiger partial charge on any atom is 0.272 e. The number of hydrogen-bond acceptors (Lipinski definition) is 3. The van der Waals surface area contributed by atoms with Gasteiger partial charge in [-0.25, -0.2) is 0 Å². The summed E-state index contributed by atoms with van der Waals surface area (Å²) in [5.41, 5.74) is 1.45. The highest BCUT2D eigenvalue weighted by Crippen LogP contribution is 2.15. The van der Waals surface area contributed by atoms with Gasteiger partial charge in [-0.2, -0.15) is 5.10 Å². The van der Waals surface area contributed by atoms with Crippen LogP contribution in [0.1, 0.15) is 23.1 Å². The van der Waals surface area contributed by atoms with E-state index in [-0.39, 0.29) is 18.1 Å². The zero-order valence-electron chi connectivity index (χ0n) is 10.9. The standard InChI is InChI=1S/C12H18ClN3O2/c1-8-4-11(15(3)14-8)12(17)16-6-9(2)18-10(5-13)7-16/h4,9-10H,5-7H2,1-3H3. The fourth-order valence-electron chi connectivity index (χ4n) is 2.27. The van der Waals surface area contributed by atoms with Gasteiger partial charge in [-0.15, -0.1) is 11.6 Å². The normalized spacial score (nSPS) is 24.3. The van der Waals surface area contributed by atoms with Crippen LogP contribution in [0.25, 0.3) is 0 Å². The number of alkyl halides is 1. The monoisotopic (exact) mass is 271 g/mol. The highest BCUT2D eigenvalue weighted by molar-refractivity contribution is 6.18. The van der Waals surface area contributed by atoms with Gasteiger partial charge < -0.3 is 9.64 Å². The second-order valence-electron chi connectivity index (χ2n) is 4.73. The third-order valence-electron chi connectivity index (χ3n) is 3.01. The van der Waals surface area contributed by atoms with Gasteiger partial charge in [0.25, 0.3) is 5.91 Å². The molecule has 2 rings (SSSR count). The molecule has 0 N–H and O–H groups in total. The maximum atomic E-state index is 12.4. The summed E-state index contributed by atoms with van der Waals surface area (Å²) in [7, 11) is 1.78. The summed E-state index contributed by atoms with van der Waals surface area (Å²) in [6, 6.07) is 1.80. The molecule has 1 aliphatic rings. The number of aromatic nitrogens is 2. The van der Waals surface area contributed by atoms with E-state index in [0.717, 1.165) is 5.69 Å². The summed E-state index contributed by atoms with van der Waals surface area (Å²) in [5, 5.41) is 4.20. The second-order valence-corrected chi connectivity index (χ2v) is 5.04. The molecule has 1 aromatic heterocycles. The van der Waals surface area contributed by atoms with E-state index < -0.39 is 0 Å². The molecule has 0 aliphatic carbocycles. The first-order chi connectivity index (χ1) is 8.51. The van der Waals surface area contributed by atoms with Crippen LogP contribution in [0.3, 0.4) is 0 Å². The Kier molecular flexibility index (Phi) is 3.92. The molecular weight excluding hydrogens is 254 g/mol. The van der Waals surface area contributed by atoms with Gasteiger partial charge in [0.2, 0.25) is 0 Å². The molecule has 2 atom stereocenters. The van der Waals surface area contributed by atoms with E-state index in [9.17, 15) is 4.79 Å². The van der Waals surface area contributed by atoms with Gasteiger partial charge in [0.1, 0.15) is 5.69 Å². The molecule has 100 valence electrons. The number of carbonyl (C=O) groups excluding carboxylic acids is 1. The first-order valence-electron chi connectivity index (χ1n) is 6.02. The van der Waals surface area contributed by atoms with Crippen molar-refractivity contribution < 1.29 is 9.53 Å². The van der Waals surface area contributed by atoms with Crippen LogP contribution in [-0.4, -0.2) is 51.8 Å². The maximum absolute atomic E-state index is 12.4. The van der Waals surface area contributed by atoms with Crippen molar-refractivity contribution in [1.29, 1.82) is 0 Å². The van der Waals surface area contributed by atoms with Gasteiger partial charge in [-0.1, -0.05) is 0 Å². The third-order valence-corrected chi connectivity index (χ3v) is 3.35. The first kappa shape index (κ1) is 13.4. The molecule has 2 unspecified atom stereocenters. The molecule has 0 aromatic carbocycles. The second kappa shape index (κ2) is 5.28. The molecule has 0 radical (unpaired) electrons. The Morgan fingerprint density at radius 1 is 1.61 bits per heavy atom. The van der Waals surface area contributed by atoms with Crippen molar-refractivity contribution in [3.63, 3.8) is 0 Å². The smallest absolute Gasteiger partial charge is 0.272 e. The van der Waals surface area contributed by atoms with E-state index in [1.54, 1.807) is 22.7 Å². The van der Waals surface area contributed by atoms with E-state index in [1.807, 2.05) is 13.8 Å². The first-order valence-corrected chi connectivity index (χ1v) is 6.56. The topological polar surface area (TPSA) is 47.4 Å². The molecule has 2 heterocycles. The molecule has 1 amide bonds. The molecule has 1 fully saturated rings. The number of amides is 1. The van der Waals surface area contributed by atoms with Gasteiger partial charge >= 0.3 is 0 Å². The number of aryl methyl sites for hydroxylation is 2. The van der Waals surface area contributed by atoms with Crippen LogP contribution in [0.2, 0.25) is 0 Å². The van der Waals surface area contributed by atoms with Crippen LogP contribution in [0.4, 0.5) is 0 Å². The van der Waals surface area contributed by atoms with Crippen molar-refractivity contribution in [2.24, 2.45) is 7.05 Å². The number of morpholine rings is 1. The quantitative estimate of drug-likeness (QED) is 0.760. The van der Waals surface area contributed by atoms with Crippen LogP contribution in [0, 0.1) is 6.92 Å². The predicted octanol–water partition coefficient (Wildman–Crippen LogP) is 1.20. The molecule has 5 nitrogen and oxygen atoms in total. The minimum atomic E-state index is -0.0892. The lowest BCUT2D eigenvalue weighted by molar-refractivity contribution is -0.0572. The molecule has 1 aliphatic heterocycles. The summed E-state index contributed by atoms with van der Waals surface area (Å²) in [5.74, 6) is 0.391.